The third-order valence-corrected chi connectivity index (χ3v) is 3.91. The van der Waals surface area contributed by atoms with Crippen LogP contribution in [0.5, 0.6) is 0 Å². The van der Waals surface area contributed by atoms with Crippen molar-refractivity contribution >= 4 is 17.7 Å². The second-order valence-electron chi connectivity index (χ2n) is 4.53. The van der Waals surface area contributed by atoms with Crippen LogP contribution in [0.1, 0.15) is 0 Å². The molecule has 0 saturated heterocycles. The van der Waals surface area contributed by atoms with Crippen molar-refractivity contribution in [1.29, 1.82) is 0 Å². The highest BCUT2D eigenvalue weighted by Gasteiger charge is 2.04. The molecule has 0 saturated carbocycles. The fourth-order valence-corrected chi connectivity index (χ4v) is 2.47. The van der Waals surface area contributed by atoms with E-state index in [1.807, 2.05) is 47.2 Å². The molecule has 7 heteroatoms. The van der Waals surface area contributed by atoms with Gasteiger partial charge in [-0.15, -0.1) is 10.2 Å². The number of imidazole rings is 1. The van der Waals surface area contributed by atoms with Crippen molar-refractivity contribution in [2.45, 2.75) is 5.03 Å². The number of nitrogens with zero attached hydrogens (tertiary/aromatic N) is 4. The Labute approximate surface area is 131 Å². The van der Waals surface area contributed by atoms with Gasteiger partial charge >= 0.3 is 0 Å². The Morgan fingerprint density at radius 2 is 1.95 bits per heavy atom. The number of carbonyl (C=O) groups excluding carboxylic acids is 1. The summed E-state index contributed by atoms with van der Waals surface area (Å²) in [6.07, 6.45) is 5.38. The first-order valence-electron chi connectivity index (χ1n) is 6.56. The lowest BCUT2D eigenvalue weighted by molar-refractivity contribution is -0.115. The highest BCUT2D eigenvalue weighted by atomic mass is 32.2. The summed E-state index contributed by atoms with van der Waals surface area (Å²) < 4.78 is 1.93. The largest absolute Gasteiger partial charge is 0.369 e. The van der Waals surface area contributed by atoms with Crippen molar-refractivity contribution in [1.82, 2.24) is 19.7 Å². The van der Waals surface area contributed by atoms with Crippen LogP contribution in [-0.2, 0) is 4.79 Å². The minimum Gasteiger partial charge on any atom is -0.369 e. The zero-order chi connectivity index (χ0) is 15.4. The Balaban J connectivity index is 1.75. The minimum absolute atomic E-state index is 0.202. The van der Waals surface area contributed by atoms with E-state index in [-0.39, 0.29) is 11.7 Å². The van der Waals surface area contributed by atoms with Crippen molar-refractivity contribution in [3.63, 3.8) is 0 Å². The summed E-state index contributed by atoms with van der Waals surface area (Å²) >= 11 is 1.27. The van der Waals surface area contributed by atoms with Gasteiger partial charge in [0.2, 0.25) is 5.91 Å². The summed E-state index contributed by atoms with van der Waals surface area (Å²) in [7, 11) is 0. The standard InChI is InChI=1S/C15H13N5OS/c16-14(21)9-22-15-6-5-13(18-19-15)11-1-3-12(4-2-11)20-8-7-17-10-20/h1-8,10H,9H2,(H2,16,21). The molecule has 2 aromatic heterocycles. The minimum atomic E-state index is -0.369. The molecule has 0 unspecified atom stereocenters. The highest BCUT2D eigenvalue weighted by Crippen LogP contribution is 2.21. The highest BCUT2D eigenvalue weighted by molar-refractivity contribution is 7.99. The Morgan fingerprint density at radius 3 is 2.55 bits per heavy atom. The quantitative estimate of drug-likeness (QED) is 0.727. The van der Waals surface area contributed by atoms with Crippen molar-refractivity contribution in [3.05, 3.63) is 55.1 Å². The van der Waals surface area contributed by atoms with E-state index in [9.17, 15) is 4.79 Å². The lowest BCUT2D eigenvalue weighted by atomic mass is 10.1. The van der Waals surface area contributed by atoms with Crippen LogP contribution in [0, 0.1) is 0 Å². The molecular formula is C15H13N5OS. The molecule has 0 aliphatic rings. The molecule has 3 aromatic rings. The van der Waals surface area contributed by atoms with Gasteiger partial charge in [0.05, 0.1) is 17.8 Å². The predicted octanol–water partition coefficient (Wildman–Crippen LogP) is 1.91. The van der Waals surface area contributed by atoms with Gasteiger partial charge in [-0.25, -0.2) is 4.98 Å². The number of primary amides is 1. The van der Waals surface area contributed by atoms with E-state index < -0.39 is 0 Å². The number of benzene rings is 1. The van der Waals surface area contributed by atoms with E-state index in [2.05, 4.69) is 15.2 Å². The van der Waals surface area contributed by atoms with Crippen LogP contribution in [0.2, 0.25) is 0 Å². The molecule has 0 fully saturated rings. The molecule has 6 nitrogen and oxygen atoms in total. The van der Waals surface area contributed by atoms with Gasteiger partial charge in [0, 0.05) is 23.6 Å². The molecular weight excluding hydrogens is 298 g/mol. The molecule has 2 N–H and O–H groups in total. The van der Waals surface area contributed by atoms with Crippen LogP contribution in [0.3, 0.4) is 0 Å². The Morgan fingerprint density at radius 1 is 1.14 bits per heavy atom. The van der Waals surface area contributed by atoms with E-state index in [0.29, 0.717) is 5.03 Å². The summed E-state index contributed by atoms with van der Waals surface area (Å²) in [5.41, 5.74) is 7.88. The number of thioether (sulfide) groups is 1. The van der Waals surface area contributed by atoms with E-state index in [1.54, 1.807) is 12.5 Å². The van der Waals surface area contributed by atoms with Gasteiger partial charge < -0.3 is 10.3 Å². The van der Waals surface area contributed by atoms with Crippen molar-refractivity contribution in [2.75, 3.05) is 5.75 Å². The van der Waals surface area contributed by atoms with E-state index >= 15 is 0 Å². The molecule has 3 rings (SSSR count). The van der Waals surface area contributed by atoms with Crippen molar-refractivity contribution < 1.29 is 4.79 Å². The molecule has 0 atom stereocenters. The maximum absolute atomic E-state index is 10.7. The first-order chi connectivity index (χ1) is 10.7. The number of hydrogen-bond acceptors (Lipinski definition) is 5. The average molecular weight is 311 g/mol. The molecule has 1 amide bonds. The topological polar surface area (TPSA) is 86.7 Å². The van der Waals surface area contributed by atoms with Gasteiger partial charge in [0.25, 0.3) is 0 Å². The number of nitrogens with two attached hydrogens (primary N) is 1. The molecule has 22 heavy (non-hydrogen) atoms. The smallest absolute Gasteiger partial charge is 0.227 e. The van der Waals surface area contributed by atoms with Crippen molar-refractivity contribution in [3.8, 4) is 16.9 Å². The fourth-order valence-electron chi connectivity index (χ4n) is 1.91. The Kier molecular flexibility index (Phi) is 4.15. The van der Waals surface area contributed by atoms with E-state index in [0.717, 1.165) is 16.9 Å². The molecule has 2 heterocycles. The molecule has 0 bridgehead atoms. The van der Waals surface area contributed by atoms with Crippen molar-refractivity contribution in [2.24, 2.45) is 5.73 Å². The molecule has 0 radical (unpaired) electrons. The summed E-state index contributed by atoms with van der Waals surface area (Å²) in [6, 6.07) is 11.7. The second-order valence-corrected chi connectivity index (χ2v) is 5.52. The van der Waals surface area contributed by atoms with E-state index in [4.69, 9.17) is 5.73 Å². The monoisotopic (exact) mass is 311 g/mol. The lowest BCUT2D eigenvalue weighted by Crippen LogP contribution is -2.13. The fraction of sp³-hybridized carbons (Fsp3) is 0.0667. The average Bonchev–Trinajstić information content (AvgIpc) is 3.08. The normalized spacial score (nSPS) is 10.5. The third-order valence-electron chi connectivity index (χ3n) is 2.97. The second kappa shape index (κ2) is 6.40. The molecule has 0 spiro atoms. The summed E-state index contributed by atoms with van der Waals surface area (Å²) in [4.78, 5) is 14.8. The SMILES string of the molecule is NC(=O)CSc1ccc(-c2ccc(-n3ccnc3)cc2)nn1. The van der Waals surface area contributed by atoms with Gasteiger partial charge in [-0.1, -0.05) is 23.9 Å². The summed E-state index contributed by atoms with van der Waals surface area (Å²) in [5.74, 6) is -0.167. The van der Waals surface area contributed by atoms with Crippen LogP contribution in [0.25, 0.3) is 16.9 Å². The van der Waals surface area contributed by atoms with Gasteiger partial charge in [-0.3, -0.25) is 4.79 Å². The van der Waals surface area contributed by atoms with E-state index in [1.165, 1.54) is 11.8 Å². The first kappa shape index (κ1) is 14.3. The van der Waals surface area contributed by atoms with Crippen LogP contribution < -0.4 is 5.73 Å². The third kappa shape index (κ3) is 3.32. The van der Waals surface area contributed by atoms with Crippen LogP contribution in [0.4, 0.5) is 0 Å². The van der Waals surface area contributed by atoms with Gasteiger partial charge in [0.15, 0.2) is 0 Å². The number of aromatic nitrogens is 4. The maximum Gasteiger partial charge on any atom is 0.227 e. The van der Waals surface area contributed by atoms with Gasteiger partial charge in [-0.2, -0.15) is 0 Å². The Bertz CT molecular complexity index is 754. The van der Waals surface area contributed by atoms with Crippen LogP contribution in [-0.4, -0.2) is 31.4 Å². The number of hydrogen-bond donors (Lipinski definition) is 1. The number of amides is 1. The first-order valence-corrected chi connectivity index (χ1v) is 7.54. The maximum atomic E-state index is 10.7. The summed E-state index contributed by atoms with van der Waals surface area (Å²) in [5, 5.41) is 8.94. The Hall–Kier alpha value is -2.67. The molecule has 0 aliphatic heterocycles. The molecule has 0 aliphatic carbocycles. The molecule has 1 aromatic carbocycles. The van der Waals surface area contributed by atoms with Crippen LogP contribution >= 0.6 is 11.8 Å². The molecule has 110 valence electrons. The van der Waals surface area contributed by atoms with Gasteiger partial charge in [0.1, 0.15) is 5.03 Å². The zero-order valence-electron chi connectivity index (χ0n) is 11.6. The predicted molar refractivity (Wildman–Crippen MR) is 84.5 cm³/mol. The number of rotatable bonds is 5. The summed E-state index contributed by atoms with van der Waals surface area (Å²) in [6.45, 7) is 0. The van der Waals surface area contributed by atoms with Crippen LogP contribution in [0.15, 0.2) is 60.1 Å². The number of carbonyl (C=O) groups is 1. The lowest BCUT2D eigenvalue weighted by Gasteiger charge is -2.04. The van der Waals surface area contributed by atoms with Gasteiger partial charge in [-0.05, 0) is 24.3 Å². The zero-order valence-corrected chi connectivity index (χ0v) is 12.4.